The fourth-order valence-electron chi connectivity index (χ4n) is 0.707. The second-order valence-corrected chi connectivity index (χ2v) is 7.84. The number of halogens is 1. The van der Waals surface area contributed by atoms with E-state index in [1.165, 1.54) is 3.57 Å². The van der Waals surface area contributed by atoms with E-state index in [4.69, 9.17) is 4.74 Å². The third kappa shape index (κ3) is 2.32. The molecule has 0 spiro atoms. The maximum atomic E-state index is 4.96. The van der Waals surface area contributed by atoms with Gasteiger partial charge in [-0.25, -0.2) is 0 Å². The Bertz CT molecular complexity index is 220. The van der Waals surface area contributed by atoms with Gasteiger partial charge in [0.2, 0.25) is 0 Å². The van der Waals surface area contributed by atoms with Gasteiger partial charge in [-0.15, -0.1) is 0 Å². The molecule has 62 valence electrons. The van der Waals surface area contributed by atoms with E-state index in [-0.39, 0.29) is 0 Å². The Labute approximate surface area is 74.4 Å². The van der Waals surface area contributed by atoms with E-state index in [1.807, 2.05) is 12.3 Å². The van der Waals surface area contributed by atoms with E-state index in [0.717, 1.165) is 0 Å². The second-order valence-electron chi connectivity index (χ2n) is 2.27. The van der Waals surface area contributed by atoms with Crippen molar-refractivity contribution in [2.45, 2.75) is 0 Å². The summed E-state index contributed by atoms with van der Waals surface area (Å²) in [5, 5.41) is 0. The minimum atomic E-state index is -0.834. The Morgan fingerprint density at radius 2 is 2.09 bits per heavy atom. The topological polar surface area (TPSA) is 22.1 Å². The van der Waals surface area contributed by atoms with Crippen LogP contribution in [0.1, 0.15) is 0 Å². The van der Waals surface area contributed by atoms with Gasteiger partial charge in [-0.05, 0) is 0 Å². The van der Waals surface area contributed by atoms with Crippen LogP contribution in [0.2, 0.25) is 0 Å². The van der Waals surface area contributed by atoms with Crippen molar-refractivity contribution in [3.8, 4) is 5.88 Å². The first-order valence-corrected chi connectivity index (χ1v) is 8.63. The van der Waals surface area contributed by atoms with Crippen LogP contribution in [0.5, 0.6) is 5.88 Å². The Morgan fingerprint density at radius 3 is 2.45 bits per heavy atom. The molecule has 0 aliphatic rings. The Balaban J connectivity index is 2.83. The van der Waals surface area contributed by atoms with E-state index >= 15 is 0 Å². The van der Waals surface area contributed by atoms with Crippen molar-refractivity contribution in [3.63, 3.8) is 0 Å². The van der Waals surface area contributed by atoms with Gasteiger partial charge in [-0.1, -0.05) is 0 Å². The monoisotopic (exact) mass is 265 g/mol. The summed E-state index contributed by atoms with van der Waals surface area (Å²) in [5.74, 6) is 0.700. The Hall–Kier alpha value is -0.320. The summed E-state index contributed by atoms with van der Waals surface area (Å²) in [6.45, 7) is 0. The third-order valence-corrected chi connectivity index (χ3v) is 4.48. The molecule has 0 atom stereocenters. The number of rotatable bonds is 2. The first kappa shape index (κ1) is 8.77. The van der Waals surface area contributed by atoms with Crippen LogP contribution in [-0.4, -0.2) is 22.0 Å². The molecule has 0 amide bonds. The summed E-state index contributed by atoms with van der Waals surface area (Å²) >= 11 is -0.834. The van der Waals surface area contributed by atoms with Crippen LogP contribution in [0.15, 0.2) is 18.3 Å². The fraction of sp³-hybridized carbons (Fsp3) is 0.375. The minimum absolute atomic E-state index is 0.700. The molecule has 0 unspecified atom stereocenters. The summed E-state index contributed by atoms with van der Waals surface area (Å²) in [5.41, 5.74) is 0. The number of aromatic nitrogens is 1. The van der Waals surface area contributed by atoms with Crippen LogP contribution in [0.25, 0.3) is 0 Å². The molecule has 0 aromatic carbocycles. The van der Waals surface area contributed by atoms with Crippen molar-refractivity contribution in [1.29, 1.82) is 0 Å². The number of ether oxygens (including phenoxy) is 1. The van der Waals surface area contributed by atoms with E-state index in [1.54, 1.807) is 7.11 Å². The van der Waals surface area contributed by atoms with Gasteiger partial charge < -0.3 is 0 Å². The van der Waals surface area contributed by atoms with Crippen molar-refractivity contribution < 1.29 is 4.74 Å². The quantitative estimate of drug-likeness (QED) is 0.603. The van der Waals surface area contributed by atoms with Crippen LogP contribution in [-0.2, 0) is 0 Å². The number of hydrogen-bond acceptors (Lipinski definition) is 2. The van der Waals surface area contributed by atoms with Crippen molar-refractivity contribution in [2.24, 2.45) is 0 Å². The molecule has 1 aromatic heterocycles. The standard InChI is InChI=1S/C8H12INO/c1-9(2)7-4-5-8(11-3)10-6-7/h4-6H,1-3H3. The van der Waals surface area contributed by atoms with Crippen molar-refractivity contribution in [1.82, 2.24) is 4.98 Å². The van der Waals surface area contributed by atoms with Crippen LogP contribution < -0.4 is 4.74 Å². The summed E-state index contributed by atoms with van der Waals surface area (Å²) in [6.07, 6.45) is 1.92. The van der Waals surface area contributed by atoms with Crippen LogP contribution in [0, 0.1) is 3.57 Å². The van der Waals surface area contributed by atoms with Crippen molar-refractivity contribution in [3.05, 3.63) is 21.9 Å². The van der Waals surface area contributed by atoms with E-state index in [0.29, 0.717) is 5.88 Å². The molecule has 0 aliphatic heterocycles. The average Bonchev–Trinajstić information content (AvgIpc) is 2.05. The van der Waals surface area contributed by atoms with Gasteiger partial charge in [0.1, 0.15) is 0 Å². The molecule has 0 bridgehead atoms. The zero-order valence-corrected chi connectivity index (χ0v) is 9.12. The molecule has 0 fully saturated rings. The number of nitrogens with zero attached hydrogens (tertiary/aromatic N) is 1. The van der Waals surface area contributed by atoms with Gasteiger partial charge in [0.15, 0.2) is 0 Å². The molecule has 3 heteroatoms. The van der Waals surface area contributed by atoms with Crippen molar-refractivity contribution >= 4 is 19.8 Å². The molecule has 0 aliphatic carbocycles. The molecule has 0 saturated heterocycles. The van der Waals surface area contributed by atoms with Gasteiger partial charge in [-0.3, -0.25) is 0 Å². The SMILES string of the molecule is COc1ccc(I(C)C)cn1. The first-order chi connectivity index (χ1) is 5.24. The Morgan fingerprint density at radius 1 is 1.36 bits per heavy atom. The molecule has 0 N–H and O–H groups in total. The molecule has 0 saturated carbocycles. The molecule has 1 rings (SSSR count). The van der Waals surface area contributed by atoms with Gasteiger partial charge >= 0.3 is 74.3 Å². The summed E-state index contributed by atoms with van der Waals surface area (Å²) in [7, 11) is 1.64. The third-order valence-electron chi connectivity index (χ3n) is 1.35. The Kier molecular flexibility index (Phi) is 3.11. The van der Waals surface area contributed by atoms with Crippen LogP contribution >= 0.6 is 19.8 Å². The van der Waals surface area contributed by atoms with Crippen LogP contribution in [0.3, 0.4) is 0 Å². The molecule has 11 heavy (non-hydrogen) atoms. The van der Waals surface area contributed by atoms with E-state index < -0.39 is 19.8 Å². The zero-order valence-electron chi connectivity index (χ0n) is 6.97. The molecule has 1 aromatic rings. The zero-order chi connectivity index (χ0) is 8.27. The van der Waals surface area contributed by atoms with Crippen LogP contribution in [0.4, 0.5) is 0 Å². The second kappa shape index (κ2) is 3.90. The first-order valence-electron chi connectivity index (χ1n) is 3.24. The molecule has 1 heterocycles. The molecule has 0 radical (unpaired) electrons. The normalized spacial score (nSPS) is 11.0. The van der Waals surface area contributed by atoms with E-state index in [2.05, 4.69) is 20.9 Å². The summed E-state index contributed by atoms with van der Waals surface area (Å²) in [4.78, 5) is 8.73. The molecular weight excluding hydrogens is 253 g/mol. The average molecular weight is 265 g/mol. The fourth-order valence-corrected chi connectivity index (χ4v) is 2.30. The van der Waals surface area contributed by atoms with Gasteiger partial charge in [0.05, 0.1) is 0 Å². The molecule has 2 nitrogen and oxygen atoms in total. The summed E-state index contributed by atoms with van der Waals surface area (Å²) < 4.78 is 6.35. The van der Waals surface area contributed by atoms with Gasteiger partial charge in [0, 0.05) is 0 Å². The van der Waals surface area contributed by atoms with Gasteiger partial charge in [-0.2, -0.15) is 0 Å². The maximum absolute atomic E-state index is 4.96. The molecular formula is C8H12INO. The number of pyridine rings is 1. The predicted octanol–water partition coefficient (Wildman–Crippen LogP) is 2.03. The number of hydrogen-bond donors (Lipinski definition) is 0. The number of methoxy groups -OCH3 is 1. The van der Waals surface area contributed by atoms with Crippen molar-refractivity contribution in [2.75, 3.05) is 17.0 Å². The van der Waals surface area contributed by atoms with E-state index in [9.17, 15) is 0 Å². The number of alkyl halides is 2. The predicted molar refractivity (Wildman–Crippen MR) is 55.4 cm³/mol. The summed E-state index contributed by atoms with van der Waals surface area (Å²) in [6, 6.07) is 4.03. The van der Waals surface area contributed by atoms with Gasteiger partial charge in [0.25, 0.3) is 0 Å².